The molecule has 2 heterocycles. The molecule has 1 N–H and O–H groups in total. The van der Waals surface area contributed by atoms with Gasteiger partial charge >= 0.3 is 5.69 Å². The van der Waals surface area contributed by atoms with Crippen LogP contribution in [-0.2, 0) is 0 Å². The summed E-state index contributed by atoms with van der Waals surface area (Å²) in [5.41, 5.74) is 2.82. The number of halogens is 2. The number of rotatable bonds is 3. The molecule has 1 unspecified atom stereocenters. The van der Waals surface area contributed by atoms with Crippen LogP contribution in [0.1, 0.15) is 37.4 Å². The van der Waals surface area contributed by atoms with E-state index in [4.69, 9.17) is 23.2 Å². The van der Waals surface area contributed by atoms with E-state index in [1.54, 1.807) is 6.07 Å². The van der Waals surface area contributed by atoms with Crippen molar-refractivity contribution in [1.29, 1.82) is 0 Å². The first-order valence-corrected chi connectivity index (χ1v) is 9.68. The highest BCUT2D eigenvalue weighted by Crippen LogP contribution is 2.31. The van der Waals surface area contributed by atoms with Crippen LogP contribution in [0.15, 0.2) is 47.3 Å². The van der Waals surface area contributed by atoms with Gasteiger partial charge in [0.15, 0.2) is 0 Å². The molecule has 0 radical (unpaired) electrons. The number of fused-ring (bicyclic) bond motifs is 1. The minimum atomic E-state index is -0.0719. The molecule has 2 aromatic carbocycles. The summed E-state index contributed by atoms with van der Waals surface area (Å²) in [7, 11) is 0. The average molecular weight is 390 g/mol. The fraction of sp³-hybridized carbons (Fsp3) is 0.350. The van der Waals surface area contributed by atoms with Crippen molar-refractivity contribution in [2.75, 3.05) is 13.1 Å². The molecular weight excluding hydrogens is 369 g/mol. The normalized spacial score (nSPS) is 17.7. The van der Waals surface area contributed by atoms with Gasteiger partial charge < -0.3 is 4.98 Å². The summed E-state index contributed by atoms with van der Waals surface area (Å²) >= 11 is 12.2. The van der Waals surface area contributed by atoms with Crippen LogP contribution in [0.5, 0.6) is 0 Å². The SMILES string of the molecule is CC(c1ccc(Cl)cc1)N1CCC(n2c(=O)[nH]c3c(Cl)cccc32)CC1. The highest BCUT2D eigenvalue weighted by atomic mass is 35.5. The molecule has 0 amide bonds. The second-order valence-corrected chi connectivity index (χ2v) is 7.77. The Morgan fingerprint density at radius 3 is 2.46 bits per heavy atom. The topological polar surface area (TPSA) is 41.0 Å². The van der Waals surface area contributed by atoms with Crippen LogP contribution in [0.4, 0.5) is 0 Å². The number of likely N-dealkylation sites (tertiary alicyclic amines) is 1. The summed E-state index contributed by atoms with van der Waals surface area (Å²) < 4.78 is 1.88. The number of imidazole rings is 1. The van der Waals surface area contributed by atoms with Crippen molar-refractivity contribution in [2.24, 2.45) is 0 Å². The standard InChI is InChI=1S/C20H21Cl2N3O/c1-13(14-5-7-15(21)8-6-14)24-11-9-16(10-12-24)25-18-4-2-3-17(22)19(18)23-20(25)26/h2-8,13,16H,9-12H2,1H3,(H,23,26). The number of para-hydroxylation sites is 1. The molecule has 1 saturated heterocycles. The van der Waals surface area contributed by atoms with Gasteiger partial charge in [-0.2, -0.15) is 0 Å². The number of hydrogen-bond acceptors (Lipinski definition) is 2. The van der Waals surface area contributed by atoms with Gasteiger partial charge in [0.05, 0.1) is 16.1 Å². The number of piperidine rings is 1. The van der Waals surface area contributed by atoms with Crippen molar-refractivity contribution in [3.8, 4) is 0 Å². The molecule has 1 fully saturated rings. The smallest absolute Gasteiger partial charge is 0.304 e. The third-order valence-electron chi connectivity index (χ3n) is 5.47. The Morgan fingerprint density at radius 2 is 1.77 bits per heavy atom. The quantitative estimate of drug-likeness (QED) is 0.681. The Morgan fingerprint density at radius 1 is 1.08 bits per heavy atom. The molecule has 136 valence electrons. The van der Waals surface area contributed by atoms with E-state index < -0.39 is 0 Å². The van der Waals surface area contributed by atoms with Crippen LogP contribution >= 0.6 is 23.2 Å². The van der Waals surface area contributed by atoms with E-state index in [-0.39, 0.29) is 11.7 Å². The molecule has 3 aromatic rings. The number of aromatic nitrogens is 2. The van der Waals surface area contributed by atoms with Crippen molar-refractivity contribution >= 4 is 34.2 Å². The summed E-state index contributed by atoms with van der Waals surface area (Å²) in [4.78, 5) is 17.9. The van der Waals surface area contributed by atoms with Gasteiger partial charge in [-0.15, -0.1) is 0 Å². The fourth-order valence-corrected chi connectivity index (χ4v) is 4.30. The van der Waals surface area contributed by atoms with E-state index in [1.807, 2.05) is 28.8 Å². The molecule has 1 aliphatic rings. The Bertz CT molecular complexity index is 969. The summed E-state index contributed by atoms with van der Waals surface area (Å²) in [6.45, 7) is 4.13. The maximum Gasteiger partial charge on any atom is 0.326 e. The molecule has 0 saturated carbocycles. The first kappa shape index (κ1) is 17.7. The number of nitrogens with one attached hydrogen (secondary N) is 1. The summed E-state index contributed by atoms with van der Waals surface area (Å²) in [6, 6.07) is 14.3. The molecule has 1 aromatic heterocycles. The third kappa shape index (κ3) is 3.18. The Kier molecular flexibility index (Phi) is 4.82. The second-order valence-electron chi connectivity index (χ2n) is 6.93. The van der Waals surface area contributed by atoms with E-state index >= 15 is 0 Å². The molecular formula is C20H21Cl2N3O. The van der Waals surface area contributed by atoms with Crippen LogP contribution < -0.4 is 5.69 Å². The molecule has 1 atom stereocenters. The van der Waals surface area contributed by atoms with Gasteiger partial charge in [-0.05, 0) is 49.6 Å². The molecule has 0 spiro atoms. The highest BCUT2D eigenvalue weighted by molar-refractivity contribution is 6.34. The Labute approximate surface area is 162 Å². The molecule has 6 heteroatoms. The van der Waals surface area contributed by atoms with E-state index in [2.05, 4.69) is 28.9 Å². The fourth-order valence-electron chi connectivity index (χ4n) is 3.96. The monoisotopic (exact) mass is 389 g/mol. The lowest BCUT2D eigenvalue weighted by atomic mass is 10.00. The Hall–Kier alpha value is -1.75. The molecule has 1 aliphatic heterocycles. The van der Waals surface area contributed by atoms with E-state index in [0.717, 1.165) is 42.0 Å². The molecule has 4 nitrogen and oxygen atoms in total. The minimum absolute atomic E-state index is 0.0719. The lowest BCUT2D eigenvalue weighted by molar-refractivity contribution is 0.144. The average Bonchev–Trinajstić information content (AvgIpc) is 2.99. The second kappa shape index (κ2) is 7.10. The van der Waals surface area contributed by atoms with Gasteiger partial charge in [-0.3, -0.25) is 9.47 Å². The number of hydrogen-bond donors (Lipinski definition) is 1. The molecule has 0 bridgehead atoms. The third-order valence-corrected chi connectivity index (χ3v) is 6.03. The molecule has 0 aliphatic carbocycles. The van der Waals surface area contributed by atoms with E-state index in [1.165, 1.54) is 5.56 Å². The summed E-state index contributed by atoms with van der Waals surface area (Å²) in [6.07, 6.45) is 1.88. The number of nitrogens with zero attached hydrogens (tertiary/aromatic N) is 2. The van der Waals surface area contributed by atoms with Crippen molar-refractivity contribution in [2.45, 2.75) is 31.8 Å². The van der Waals surface area contributed by atoms with Gasteiger partial charge in [-0.25, -0.2) is 4.79 Å². The maximum atomic E-state index is 12.5. The van der Waals surface area contributed by atoms with Crippen molar-refractivity contribution in [3.05, 3.63) is 68.6 Å². The minimum Gasteiger partial charge on any atom is -0.304 e. The van der Waals surface area contributed by atoms with Crippen LogP contribution in [0, 0.1) is 0 Å². The van der Waals surface area contributed by atoms with Crippen LogP contribution in [0.25, 0.3) is 11.0 Å². The van der Waals surface area contributed by atoms with Gasteiger partial charge in [0, 0.05) is 30.2 Å². The first-order valence-electron chi connectivity index (χ1n) is 8.93. The zero-order valence-electron chi connectivity index (χ0n) is 14.6. The van der Waals surface area contributed by atoms with Crippen LogP contribution in [-0.4, -0.2) is 27.5 Å². The zero-order valence-corrected chi connectivity index (χ0v) is 16.1. The predicted octanol–water partition coefficient (Wildman–Crippen LogP) is 5.03. The van der Waals surface area contributed by atoms with Gasteiger partial charge in [0.1, 0.15) is 0 Å². The van der Waals surface area contributed by atoms with Crippen LogP contribution in [0.3, 0.4) is 0 Å². The summed E-state index contributed by atoms with van der Waals surface area (Å²) in [5.74, 6) is 0. The zero-order chi connectivity index (χ0) is 18.3. The number of benzene rings is 2. The van der Waals surface area contributed by atoms with E-state index in [0.29, 0.717) is 11.1 Å². The van der Waals surface area contributed by atoms with Crippen molar-refractivity contribution in [1.82, 2.24) is 14.5 Å². The number of aromatic amines is 1. The lowest BCUT2D eigenvalue weighted by Crippen LogP contribution is -2.38. The predicted molar refractivity (Wildman–Crippen MR) is 107 cm³/mol. The largest absolute Gasteiger partial charge is 0.326 e. The lowest BCUT2D eigenvalue weighted by Gasteiger charge is -2.36. The summed E-state index contributed by atoms with van der Waals surface area (Å²) in [5, 5.41) is 1.35. The van der Waals surface area contributed by atoms with E-state index in [9.17, 15) is 4.79 Å². The van der Waals surface area contributed by atoms with Gasteiger partial charge in [0.2, 0.25) is 0 Å². The molecule has 4 rings (SSSR count). The molecule has 26 heavy (non-hydrogen) atoms. The maximum absolute atomic E-state index is 12.5. The van der Waals surface area contributed by atoms with Crippen molar-refractivity contribution in [3.63, 3.8) is 0 Å². The Balaban J connectivity index is 1.52. The highest BCUT2D eigenvalue weighted by Gasteiger charge is 2.26. The van der Waals surface area contributed by atoms with Gasteiger partial charge in [0.25, 0.3) is 0 Å². The van der Waals surface area contributed by atoms with Gasteiger partial charge in [-0.1, -0.05) is 41.4 Å². The first-order chi connectivity index (χ1) is 12.5. The number of H-pyrrole nitrogens is 1. The van der Waals surface area contributed by atoms with Crippen LogP contribution in [0.2, 0.25) is 10.0 Å². The van der Waals surface area contributed by atoms with Crippen molar-refractivity contribution < 1.29 is 0 Å².